The van der Waals surface area contributed by atoms with Crippen molar-refractivity contribution in [2.75, 3.05) is 40.1 Å². The van der Waals surface area contributed by atoms with Crippen molar-refractivity contribution in [2.45, 2.75) is 13.5 Å². The van der Waals surface area contributed by atoms with E-state index in [4.69, 9.17) is 14.2 Å². The molecule has 27 heavy (non-hydrogen) atoms. The minimum absolute atomic E-state index is 0.0779. The van der Waals surface area contributed by atoms with Crippen LogP contribution in [0.5, 0.6) is 17.2 Å². The number of hydrogen-bond acceptors (Lipinski definition) is 5. The van der Waals surface area contributed by atoms with Gasteiger partial charge in [0.15, 0.2) is 11.5 Å². The molecule has 1 fully saturated rings. The second-order valence-corrected chi connectivity index (χ2v) is 6.89. The van der Waals surface area contributed by atoms with Gasteiger partial charge < -0.3 is 19.1 Å². The lowest BCUT2D eigenvalue weighted by atomic mass is 10.1. The van der Waals surface area contributed by atoms with Gasteiger partial charge in [-0.25, -0.2) is 0 Å². The number of nitrogens with zero attached hydrogens (tertiary/aromatic N) is 2. The van der Waals surface area contributed by atoms with Crippen LogP contribution >= 0.6 is 0 Å². The predicted octanol–water partition coefficient (Wildman–Crippen LogP) is 2.69. The van der Waals surface area contributed by atoms with E-state index in [1.807, 2.05) is 42.2 Å². The first-order valence-corrected chi connectivity index (χ1v) is 9.19. The summed E-state index contributed by atoms with van der Waals surface area (Å²) >= 11 is 0. The van der Waals surface area contributed by atoms with E-state index in [1.165, 1.54) is 5.56 Å². The van der Waals surface area contributed by atoms with Crippen LogP contribution in [0.25, 0.3) is 0 Å². The van der Waals surface area contributed by atoms with Crippen molar-refractivity contribution < 1.29 is 19.0 Å². The normalized spacial score (nSPS) is 16.4. The third-order valence-electron chi connectivity index (χ3n) is 5.24. The number of rotatable bonds is 4. The molecular formula is C21H24N2O4. The van der Waals surface area contributed by atoms with Crippen molar-refractivity contribution in [3.63, 3.8) is 0 Å². The summed E-state index contributed by atoms with van der Waals surface area (Å²) in [5, 5.41) is 0. The molecule has 1 amide bonds. The molecule has 0 N–H and O–H groups in total. The van der Waals surface area contributed by atoms with E-state index in [0.717, 1.165) is 61.1 Å². The Hall–Kier alpha value is -2.73. The van der Waals surface area contributed by atoms with Gasteiger partial charge in [0.25, 0.3) is 5.91 Å². The first kappa shape index (κ1) is 17.7. The first-order chi connectivity index (χ1) is 13.2. The van der Waals surface area contributed by atoms with Crippen molar-refractivity contribution in [3.05, 3.63) is 53.1 Å². The van der Waals surface area contributed by atoms with Crippen LogP contribution in [0.4, 0.5) is 0 Å². The highest BCUT2D eigenvalue weighted by atomic mass is 16.7. The Kier molecular flexibility index (Phi) is 4.90. The quantitative estimate of drug-likeness (QED) is 0.831. The maximum absolute atomic E-state index is 12.9. The zero-order valence-corrected chi connectivity index (χ0v) is 15.7. The number of carbonyl (C=O) groups is 1. The summed E-state index contributed by atoms with van der Waals surface area (Å²) < 4.78 is 16.2. The number of carbonyl (C=O) groups excluding carboxylic acids is 1. The Balaban J connectivity index is 1.37. The van der Waals surface area contributed by atoms with Crippen LogP contribution in [-0.4, -0.2) is 55.8 Å². The van der Waals surface area contributed by atoms with E-state index >= 15 is 0 Å². The van der Waals surface area contributed by atoms with Gasteiger partial charge in [-0.2, -0.15) is 0 Å². The van der Waals surface area contributed by atoms with Crippen molar-refractivity contribution in [3.8, 4) is 17.2 Å². The number of methoxy groups -OCH3 is 1. The van der Waals surface area contributed by atoms with E-state index in [-0.39, 0.29) is 5.91 Å². The Morgan fingerprint density at radius 1 is 1.07 bits per heavy atom. The molecule has 6 nitrogen and oxygen atoms in total. The molecule has 0 aromatic heterocycles. The Morgan fingerprint density at radius 3 is 2.63 bits per heavy atom. The van der Waals surface area contributed by atoms with Crippen LogP contribution < -0.4 is 14.2 Å². The summed E-state index contributed by atoms with van der Waals surface area (Å²) in [4.78, 5) is 17.2. The Bertz CT molecular complexity index is 844. The van der Waals surface area contributed by atoms with Gasteiger partial charge in [0.1, 0.15) is 5.75 Å². The molecule has 0 saturated carbocycles. The number of amides is 1. The Labute approximate surface area is 159 Å². The number of hydrogen-bond donors (Lipinski definition) is 0. The predicted molar refractivity (Wildman–Crippen MR) is 101 cm³/mol. The van der Waals surface area contributed by atoms with Crippen LogP contribution in [0.15, 0.2) is 36.4 Å². The molecule has 0 radical (unpaired) electrons. The van der Waals surface area contributed by atoms with Crippen LogP contribution in [-0.2, 0) is 6.54 Å². The molecule has 2 aliphatic rings. The van der Waals surface area contributed by atoms with E-state index < -0.39 is 0 Å². The molecule has 0 bridgehead atoms. The molecule has 0 unspecified atom stereocenters. The zero-order valence-electron chi connectivity index (χ0n) is 15.7. The number of ether oxygens (including phenoxy) is 3. The molecule has 2 aliphatic heterocycles. The Morgan fingerprint density at radius 2 is 1.85 bits per heavy atom. The average Bonchev–Trinajstić information content (AvgIpc) is 3.16. The maximum Gasteiger partial charge on any atom is 0.254 e. The lowest BCUT2D eigenvalue weighted by Crippen LogP contribution is -2.48. The van der Waals surface area contributed by atoms with Crippen molar-refractivity contribution >= 4 is 5.91 Å². The van der Waals surface area contributed by atoms with E-state index in [1.54, 1.807) is 7.11 Å². The lowest BCUT2D eigenvalue weighted by molar-refractivity contribution is 0.0627. The number of fused-ring (bicyclic) bond motifs is 1. The number of benzene rings is 2. The summed E-state index contributed by atoms with van der Waals surface area (Å²) in [6, 6.07) is 11.7. The third kappa shape index (κ3) is 3.57. The minimum Gasteiger partial charge on any atom is -0.496 e. The van der Waals surface area contributed by atoms with Gasteiger partial charge in [-0.1, -0.05) is 12.1 Å². The third-order valence-corrected chi connectivity index (χ3v) is 5.24. The maximum atomic E-state index is 12.9. The molecular weight excluding hydrogens is 344 g/mol. The first-order valence-electron chi connectivity index (χ1n) is 9.19. The second kappa shape index (κ2) is 7.48. The fraction of sp³-hybridized carbons (Fsp3) is 0.381. The van der Waals surface area contributed by atoms with Gasteiger partial charge in [-0.3, -0.25) is 9.69 Å². The molecule has 0 spiro atoms. The SMILES string of the molecule is COc1cccc(C(=O)N2CCN(Cc3ccc4c(c3)OCO4)CC2)c1C. The molecule has 2 aromatic rings. The zero-order chi connectivity index (χ0) is 18.8. The van der Waals surface area contributed by atoms with Crippen molar-refractivity contribution in [1.29, 1.82) is 0 Å². The van der Waals surface area contributed by atoms with Crippen LogP contribution in [0.2, 0.25) is 0 Å². The largest absolute Gasteiger partial charge is 0.496 e. The highest BCUT2D eigenvalue weighted by Crippen LogP contribution is 2.33. The molecule has 6 heteroatoms. The molecule has 4 rings (SSSR count). The number of piperazine rings is 1. The highest BCUT2D eigenvalue weighted by molar-refractivity contribution is 5.96. The topological polar surface area (TPSA) is 51.2 Å². The van der Waals surface area contributed by atoms with E-state index in [2.05, 4.69) is 11.0 Å². The van der Waals surface area contributed by atoms with E-state index in [9.17, 15) is 4.79 Å². The summed E-state index contributed by atoms with van der Waals surface area (Å²) in [6.07, 6.45) is 0. The van der Waals surface area contributed by atoms with Gasteiger partial charge in [0.2, 0.25) is 6.79 Å². The summed E-state index contributed by atoms with van der Waals surface area (Å²) in [5.74, 6) is 2.45. The van der Waals surface area contributed by atoms with Gasteiger partial charge in [0, 0.05) is 43.9 Å². The van der Waals surface area contributed by atoms with Crippen LogP contribution in [0, 0.1) is 6.92 Å². The van der Waals surface area contributed by atoms with Gasteiger partial charge in [-0.05, 0) is 36.8 Å². The molecule has 0 atom stereocenters. The summed E-state index contributed by atoms with van der Waals surface area (Å²) in [5.41, 5.74) is 2.81. The molecule has 142 valence electrons. The summed E-state index contributed by atoms with van der Waals surface area (Å²) in [6.45, 7) is 6.22. The average molecular weight is 368 g/mol. The fourth-order valence-electron chi connectivity index (χ4n) is 3.64. The summed E-state index contributed by atoms with van der Waals surface area (Å²) in [7, 11) is 1.63. The molecule has 1 saturated heterocycles. The van der Waals surface area contributed by atoms with Crippen molar-refractivity contribution in [2.24, 2.45) is 0 Å². The minimum atomic E-state index is 0.0779. The van der Waals surface area contributed by atoms with Crippen LogP contribution in [0.3, 0.4) is 0 Å². The van der Waals surface area contributed by atoms with Gasteiger partial charge >= 0.3 is 0 Å². The monoisotopic (exact) mass is 368 g/mol. The van der Waals surface area contributed by atoms with Gasteiger partial charge in [-0.15, -0.1) is 0 Å². The standard InChI is InChI=1S/C21H24N2O4/c1-15-17(4-3-5-18(15)25-2)21(24)23-10-8-22(9-11-23)13-16-6-7-19-20(12-16)27-14-26-19/h3-7,12H,8-11,13-14H2,1-2H3. The molecule has 2 heterocycles. The smallest absolute Gasteiger partial charge is 0.254 e. The fourth-order valence-corrected chi connectivity index (χ4v) is 3.64. The van der Waals surface area contributed by atoms with Gasteiger partial charge in [0.05, 0.1) is 7.11 Å². The highest BCUT2D eigenvalue weighted by Gasteiger charge is 2.24. The van der Waals surface area contributed by atoms with E-state index in [0.29, 0.717) is 6.79 Å². The van der Waals surface area contributed by atoms with Crippen LogP contribution in [0.1, 0.15) is 21.5 Å². The van der Waals surface area contributed by atoms with Crippen molar-refractivity contribution in [1.82, 2.24) is 9.80 Å². The lowest BCUT2D eigenvalue weighted by Gasteiger charge is -2.35. The molecule has 0 aliphatic carbocycles. The molecule has 2 aromatic carbocycles. The second-order valence-electron chi connectivity index (χ2n) is 6.89.